The van der Waals surface area contributed by atoms with Gasteiger partial charge in [-0.05, 0) is 19.3 Å². The van der Waals surface area contributed by atoms with E-state index < -0.39 is 5.60 Å². The Labute approximate surface area is 87.0 Å². The summed E-state index contributed by atoms with van der Waals surface area (Å²) in [6.45, 7) is 2.12. The summed E-state index contributed by atoms with van der Waals surface area (Å²) in [5, 5.41) is 0. The number of ether oxygens (including phenoxy) is 1. The summed E-state index contributed by atoms with van der Waals surface area (Å²) >= 11 is 0. The molecule has 1 aliphatic rings. The average Bonchev–Trinajstić information content (AvgIpc) is 2.26. The Morgan fingerprint density at radius 1 is 1.29 bits per heavy atom. The fraction of sp³-hybridized carbons (Fsp3) is 0.917. The van der Waals surface area contributed by atoms with E-state index in [1.54, 1.807) is 7.11 Å². The normalized spacial score (nSPS) is 20.7. The molecule has 0 aromatic carbocycles. The number of unbranched alkanes of at least 4 members (excludes halogenated alkanes) is 1. The molecule has 14 heavy (non-hydrogen) atoms. The van der Waals surface area contributed by atoms with Crippen molar-refractivity contribution >= 4 is 5.78 Å². The maximum Gasteiger partial charge on any atom is 0.164 e. The van der Waals surface area contributed by atoms with E-state index >= 15 is 0 Å². The van der Waals surface area contributed by atoms with Crippen LogP contribution in [0.1, 0.15) is 58.3 Å². The summed E-state index contributed by atoms with van der Waals surface area (Å²) in [5.41, 5.74) is -0.409. The van der Waals surface area contributed by atoms with Gasteiger partial charge in [0.2, 0.25) is 0 Å². The van der Waals surface area contributed by atoms with Gasteiger partial charge in [0.05, 0.1) is 0 Å². The van der Waals surface area contributed by atoms with Gasteiger partial charge in [0.15, 0.2) is 5.78 Å². The first-order valence-corrected chi connectivity index (χ1v) is 5.83. The molecule has 0 heterocycles. The molecular formula is C12H22O2. The fourth-order valence-electron chi connectivity index (χ4n) is 2.28. The Morgan fingerprint density at radius 2 is 1.93 bits per heavy atom. The molecular weight excluding hydrogens is 176 g/mol. The summed E-state index contributed by atoms with van der Waals surface area (Å²) in [5.74, 6) is 0.335. The lowest BCUT2D eigenvalue weighted by Crippen LogP contribution is -2.42. The molecule has 0 aliphatic heterocycles. The van der Waals surface area contributed by atoms with E-state index in [0.717, 1.165) is 38.5 Å². The summed E-state index contributed by atoms with van der Waals surface area (Å²) in [4.78, 5) is 12.0. The van der Waals surface area contributed by atoms with Crippen LogP contribution in [-0.2, 0) is 9.53 Å². The molecule has 2 heteroatoms. The molecule has 1 fully saturated rings. The first-order chi connectivity index (χ1) is 6.75. The molecule has 0 aromatic heterocycles. The van der Waals surface area contributed by atoms with Gasteiger partial charge in [-0.3, -0.25) is 4.79 Å². The maximum atomic E-state index is 12.0. The number of methoxy groups -OCH3 is 1. The van der Waals surface area contributed by atoms with Crippen LogP contribution >= 0.6 is 0 Å². The molecule has 0 atom stereocenters. The van der Waals surface area contributed by atoms with Crippen molar-refractivity contribution in [1.29, 1.82) is 0 Å². The van der Waals surface area contributed by atoms with Crippen molar-refractivity contribution in [3.8, 4) is 0 Å². The van der Waals surface area contributed by atoms with E-state index in [4.69, 9.17) is 4.74 Å². The van der Waals surface area contributed by atoms with Crippen molar-refractivity contribution < 1.29 is 9.53 Å². The van der Waals surface area contributed by atoms with Gasteiger partial charge in [0, 0.05) is 13.5 Å². The molecule has 0 spiro atoms. The summed E-state index contributed by atoms with van der Waals surface area (Å²) in [6.07, 6.45) is 8.21. The first kappa shape index (κ1) is 11.7. The third-order valence-electron chi connectivity index (χ3n) is 3.32. The van der Waals surface area contributed by atoms with Crippen LogP contribution in [-0.4, -0.2) is 18.5 Å². The van der Waals surface area contributed by atoms with Gasteiger partial charge < -0.3 is 4.74 Å². The number of carbonyl (C=O) groups is 1. The topological polar surface area (TPSA) is 26.3 Å². The number of ketones is 1. The first-order valence-electron chi connectivity index (χ1n) is 5.83. The van der Waals surface area contributed by atoms with Crippen LogP contribution in [0.2, 0.25) is 0 Å². The summed E-state index contributed by atoms with van der Waals surface area (Å²) < 4.78 is 5.49. The summed E-state index contributed by atoms with van der Waals surface area (Å²) in [7, 11) is 1.69. The number of hydrogen-bond acceptors (Lipinski definition) is 2. The van der Waals surface area contributed by atoms with E-state index in [2.05, 4.69) is 6.92 Å². The van der Waals surface area contributed by atoms with Crippen LogP contribution in [0, 0.1) is 0 Å². The quantitative estimate of drug-likeness (QED) is 0.678. The van der Waals surface area contributed by atoms with Gasteiger partial charge in [0.1, 0.15) is 5.60 Å². The molecule has 82 valence electrons. The highest BCUT2D eigenvalue weighted by Gasteiger charge is 2.38. The zero-order chi connectivity index (χ0) is 10.4. The zero-order valence-electron chi connectivity index (χ0n) is 9.47. The van der Waals surface area contributed by atoms with E-state index in [1.807, 2.05) is 0 Å². The maximum absolute atomic E-state index is 12.0. The van der Waals surface area contributed by atoms with Crippen molar-refractivity contribution in [1.82, 2.24) is 0 Å². The highest BCUT2D eigenvalue weighted by atomic mass is 16.5. The molecule has 2 nitrogen and oxygen atoms in total. The number of hydrogen-bond donors (Lipinski definition) is 0. The molecule has 0 saturated heterocycles. The van der Waals surface area contributed by atoms with E-state index in [-0.39, 0.29) is 0 Å². The van der Waals surface area contributed by atoms with Gasteiger partial charge in [0.25, 0.3) is 0 Å². The minimum absolute atomic E-state index is 0.335. The van der Waals surface area contributed by atoms with E-state index in [9.17, 15) is 4.79 Å². The van der Waals surface area contributed by atoms with Crippen LogP contribution in [0.5, 0.6) is 0 Å². The predicted molar refractivity (Wildman–Crippen MR) is 57.4 cm³/mol. The van der Waals surface area contributed by atoms with Crippen molar-refractivity contribution in [2.45, 2.75) is 63.9 Å². The number of Topliss-reactive ketones (excluding diaryl/α,β-unsaturated/α-hetero) is 1. The SMILES string of the molecule is CCCCC(=O)C1(OC)CCCCC1. The smallest absolute Gasteiger partial charge is 0.164 e. The Bertz CT molecular complexity index is 181. The van der Waals surface area contributed by atoms with Gasteiger partial charge in [-0.2, -0.15) is 0 Å². The molecule has 0 unspecified atom stereocenters. The van der Waals surface area contributed by atoms with E-state index in [0.29, 0.717) is 12.2 Å². The Morgan fingerprint density at radius 3 is 2.43 bits per heavy atom. The van der Waals surface area contributed by atoms with Crippen molar-refractivity contribution in [3.05, 3.63) is 0 Å². The third-order valence-corrected chi connectivity index (χ3v) is 3.32. The molecule has 0 N–H and O–H groups in total. The molecule has 0 amide bonds. The number of rotatable bonds is 5. The molecule has 0 aromatic rings. The fourth-order valence-corrected chi connectivity index (χ4v) is 2.28. The Kier molecular flexibility index (Phi) is 4.59. The number of carbonyl (C=O) groups excluding carboxylic acids is 1. The van der Waals surface area contributed by atoms with Crippen molar-refractivity contribution in [3.63, 3.8) is 0 Å². The zero-order valence-corrected chi connectivity index (χ0v) is 9.47. The lowest BCUT2D eigenvalue weighted by Gasteiger charge is -2.34. The highest BCUT2D eigenvalue weighted by Crippen LogP contribution is 2.33. The second kappa shape index (κ2) is 5.50. The largest absolute Gasteiger partial charge is 0.370 e. The average molecular weight is 198 g/mol. The summed E-state index contributed by atoms with van der Waals surface area (Å²) in [6, 6.07) is 0. The van der Waals surface area contributed by atoms with Gasteiger partial charge in [-0.25, -0.2) is 0 Å². The van der Waals surface area contributed by atoms with Crippen molar-refractivity contribution in [2.24, 2.45) is 0 Å². The molecule has 0 radical (unpaired) electrons. The van der Waals surface area contributed by atoms with Crippen LogP contribution in [0.15, 0.2) is 0 Å². The molecule has 1 aliphatic carbocycles. The van der Waals surface area contributed by atoms with Gasteiger partial charge in [-0.15, -0.1) is 0 Å². The molecule has 1 rings (SSSR count). The molecule has 0 bridgehead atoms. The van der Waals surface area contributed by atoms with Crippen LogP contribution in [0.3, 0.4) is 0 Å². The van der Waals surface area contributed by atoms with Gasteiger partial charge >= 0.3 is 0 Å². The monoisotopic (exact) mass is 198 g/mol. The standard InChI is InChI=1S/C12H22O2/c1-3-4-8-11(13)12(14-2)9-6-5-7-10-12/h3-10H2,1-2H3. The lowest BCUT2D eigenvalue weighted by atomic mass is 9.80. The highest BCUT2D eigenvalue weighted by molar-refractivity contribution is 5.87. The third kappa shape index (κ3) is 2.57. The minimum Gasteiger partial charge on any atom is -0.370 e. The predicted octanol–water partition coefficient (Wildman–Crippen LogP) is 3.10. The van der Waals surface area contributed by atoms with E-state index in [1.165, 1.54) is 6.42 Å². The Hall–Kier alpha value is -0.370. The van der Waals surface area contributed by atoms with Gasteiger partial charge in [-0.1, -0.05) is 32.6 Å². The van der Waals surface area contributed by atoms with Crippen molar-refractivity contribution in [2.75, 3.05) is 7.11 Å². The minimum atomic E-state index is -0.409. The van der Waals surface area contributed by atoms with Crippen LogP contribution in [0.25, 0.3) is 0 Å². The molecule has 1 saturated carbocycles. The Balaban J connectivity index is 2.53. The van der Waals surface area contributed by atoms with Crippen LogP contribution in [0.4, 0.5) is 0 Å². The second-order valence-corrected chi connectivity index (χ2v) is 4.29. The lowest BCUT2D eigenvalue weighted by molar-refractivity contribution is -0.145. The van der Waals surface area contributed by atoms with Crippen LogP contribution < -0.4 is 0 Å². The second-order valence-electron chi connectivity index (χ2n) is 4.29.